The molecule has 1 fully saturated rings. The van der Waals surface area contributed by atoms with Crippen LogP contribution >= 0.6 is 0 Å². The van der Waals surface area contributed by atoms with Gasteiger partial charge < -0.3 is 25.6 Å². The van der Waals surface area contributed by atoms with Crippen molar-refractivity contribution in [3.8, 4) is 0 Å². The van der Waals surface area contributed by atoms with Crippen molar-refractivity contribution >= 4 is 23.8 Å². The van der Waals surface area contributed by atoms with E-state index in [9.17, 15) is 29.4 Å². The van der Waals surface area contributed by atoms with E-state index in [2.05, 4.69) is 29.7 Å². The molecular formula is C29H42N2O7. The van der Waals surface area contributed by atoms with E-state index in [4.69, 9.17) is 4.74 Å². The van der Waals surface area contributed by atoms with E-state index in [0.717, 1.165) is 24.8 Å². The number of carboxylic acid groups (broad SMARTS) is 1. The van der Waals surface area contributed by atoms with Crippen LogP contribution in [0.15, 0.2) is 36.4 Å². The SMILES string of the molecule is CC(C)C[C@H](OC(=O)[C@H](C)CNC(=O)CNC(=O)/C=C/CC[C@H](C)C1C[C@@H]1c1ccc(CO)cc1)C(=O)O. The molecule has 1 aromatic rings. The summed E-state index contributed by atoms with van der Waals surface area (Å²) in [5, 5.41) is 23.4. The molecule has 4 N–H and O–H groups in total. The number of ether oxygens (including phenoxy) is 1. The topological polar surface area (TPSA) is 142 Å². The van der Waals surface area contributed by atoms with Gasteiger partial charge in [-0.05, 0) is 66.6 Å². The Morgan fingerprint density at radius 3 is 2.37 bits per heavy atom. The molecule has 9 heteroatoms. The van der Waals surface area contributed by atoms with Crippen molar-refractivity contribution in [2.75, 3.05) is 13.1 Å². The Bertz CT molecular complexity index is 974. The summed E-state index contributed by atoms with van der Waals surface area (Å²) < 4.78 is 5.07. The third-order valence-corrected chi connectivity index (χ3v) is 6.87. The van der Waals surface area contributed by atoms with E-state index >= 15 is 0 Å². The number of hydrogen-bond acceptors (Lipinski definition) is 6. The zero-order valence-electron chi connectivity index (χ0n) is 22.8. The summed E-state index contributed by atoms with van der Waals surface area (Å²) in [7, 11) is 0. The average Bonchev–Trinajstić information content (AvgIpc) is 3.68. The second kappa shape index (κ2) is 15.3. The number of amides is 2. The summed E-state index contributed by atoms with van der Waals surface area (Å²) in [4.78, 5) is 47.5. The lowest BCUT2D eigenvalue weighted by Gasteiger charge is -2.18. The van der Waals surface area contributed by atoms with Crippen LogP contribution < -0.4 is 10.6 Å². The van der Waals surface area contributed by atoms with E-state index in [0.29, 0.717) is 17.8 Å². The fourth-order valence-corrected chi connectivity index (χ4v) is 4.38. The molecule has 0 radical (unpaired) electrons. The molecular weight excluding hydrogens is 488 g/mol. The second-order valence-electron chi connectivity index (χ2n) is 10.7. The molecule has 1 saturated carbocycles. The molecule has 2 rings (SSSR count). The van der Waals surface area contributed by atoms with Gasteiger partial charge in [0.25, 0.3) is 0 Å². The molecule has 0 bridgehead atoms. The number of benzene rings is 1. The van der Waals surface area contributed by atoms with E-state index in [1.54, 1.807) is 0 Å². The minimum Gasteiger partial charge on any atom is -0.479 e. The van der Waals surface area contributed by atoms with Gasteiger partial charge in [-0.2, -0.15) is 0 Å². The van der Waals surface area contributed by atoms with Crippen LogP contribution in [0.2, 0.25) is 0 Å². The molecule has 1 aliphatic rings. The van der Waals surface area contributed by atoms with Crippen molar-refractivity contribution in [1.82, 2.24) is 10.6 Å². The highest BCUT2D eigenvalue weighted by molar-refractivity contribution is 5.91. The fourth-order valence-electron chi connectivity index (χ4n) is 4.38. The lowest BCUT2D eigenvalue weighted by atomic mass is 9.96. The van der Waals surface area contributed by atoms with Crippen molar-refractivity contribution in [3.05, 3.63) is 47.5 Å². The number of aliphatic hydroxyl groups is 1. The molecule has 210 valence electrons. The first-order chi connectivity index (χ1) is 18.0. The van der Waals surface area contributed by atoms with E-state index in [1.807, 2.05) is 32.1 Å². The van der Waals surface area contributed by atoms with Crippen molar-refractivity contribution in [2.45, 2.75) is 72.0 Å². The van der Waals surface area contributed by atoms with Crippen LogP contribution in [0.1, 0.15) is 70.4 Å². The average molecular weight is 531 g/mol. The fraction of sp³-hybridized carbons (Fsp3) is 0.586. The molecule has 5 atom stereocenters. The molecule has 1 aromatic carbocycles. The van der Waals surface area contributed by atoms with Gasteiger partial charge in [-0.15, -0.1) is 0 Å². The Balaban J connectivity index is 1.61. The highest BCUT2D eigenvalue weighted by Crippen LogP contribution is 2.52. The van der Waals surface area contributed by atoms with Crippen molar-refractivity contribution in [1.29, 1.82) is 0 Å². The molecule has 0 aliphatic heterocycles. The molecule has 2 amide bonds. The number of hydrogen-bond donors (Lipinski definition) is 4. The highest BCUT2D eigenvalue weighted by atomic mass is 16.6. The van der Waals surface area contributed by atoms with Gasteiger partial charge >= 0.3 is 11.9 Å². The number of carboxylic acids is 1. The van der Waals surface area contributed by atoms with Gasteiger partial charge in [0.1, 0.15) is 0 Å². The van der Waals surface area contributed by atoms with E-state index < -0.39 is 29.9 Å². The minimum atomic E-state index is -1.22. The monoisotopic (exact) mass is 530 g/mol. The lowest BCUT2D eigenvalue weighted by Crippen LogP contribution is -2.40. The Morgan fingerprint density at radius 1 is 1.08 bits per heavy atom. The molecule has 38 heavy (non-hydrogen) atoms. The number of aliphatic carboxylic acids is 1. The van der Waals surface area contributed by atoms with E-state index in [-0.39, 0.29) is 37.9 Å². The van der Waals surface area contributed by atoms with E-state index in [1.165, 1.54) is 18.6 Å². The number of carbonyl (C=O) groups excluding carboxylic acids is 3. The van der Waals surface area contributed by atoms with Gasteiger partial charge in [0.05, 0.1) is 19.1 Å². The summed E-state index contributed by atoms with van der Waals surface area (Å²) in [6.07, 6.45) is 5.12. The van der Waals surface area contributed by atoms with Gasteiger partial charge in [0.2, 0.25) is 11.8 Å². The van der Waals surface area contributed by atoms with Crippen molar-refractivity contribution in [3.63, 3.8) is 0 Å². The zero-order chi connectivity index (χ0) is 28.2. The van der Waals surface area contributed by atoms with Gasteiger partial charge in [-0.25, -0.2) is 4.79 Å². The van der Waals surface area contributed by atoms with Crippen LogP contribution in [0, 0.1) is 23.7 Å². The second-order valence-corrected chi connectivity index (χ2v) is 10.7. The van der Waals surface area contributed by atoms with Crippen LogP contribution in [0.5, 0.6) is 0 Å². The van der Waals surface area contributed by atoms with Gasteiger partial charge in [-0.1, -0.05) is 58.0 Å². The van der Waals surface area contributed by atoms with Crippen LogP contribution in [0.25, 0.3) is 0 Å². The summed E-state index contributed by atoms with van der Waals surface area (Å²) in [6.45, 7) is 7.24. The molecule has 0 heterocycles. The molecule has 0 saturated heterocycles. The summed E-state index contributed by atoms with van der Waals surface area (Å²) in [6, 6.07) is 8.13. The Hall–Kier alpha value is -3.20. The summed E-state index contributed by atoms with van der Waals surface area (Å²) in [5.74, 6) is -1.68. The third-order valence-electron chi connectivity index (χ3n) is 6.87. The Morgan fingerprint density at radius 2 is 1.76 bits per heavy atom. The number of allylic oxidation sites excluding steroid dienone is 1. The first kappa shape index (κ1) is 31.0. The number of rotatable bonds is 16. The normalized spacial score (nSPS) is 19.0. The molecule has 1 aliphatic carbocycles. The number of esters is 1. The Kier molecular flexibility index (Phi) is 12.5. The first-order valence-electron chi connectivity index (χ1n) is 13.4. The number of nitrogens with one attached hydrogen (secondary N) is 2. The molecule has 0 spiro atoms. The minimum absolute atomic E-state index is 0.0248. The third kappa shape index (κ3) is 10.7. The number of aliphatic hydroxyl groups excluding tert-OH is 1. The van der Waals surface area contributed by atoms with Crippen molar-refractivity contribution < 1.29 is 34.1 Å². The maximum Gasteiger partial charge on any atom is 0.345 e. The maximum atomic E-state index is 12.1. The van der Waals surface area contributed by atoms with Gasteiger partial charge in [0, 0.05) is 6.54 Å². The van der Waals surface area contributed by atoms with Crippen LogP contribution in [-0.4, -0.2) is 53.2 Å². The predicted molar refractivity (Wildman–Crippen MR) is 143 cm³/mol. The molecule has 1 unspecified atom stereocenters. The predicted octanol–water partition coefficient (Wildman–Crippen LogP) is 3.17. The van der Waals surface area contributed by atoms with Gasteiger partial charge in [-0.3, -0.25) is 14.4 Å². The molecule has 0 aromatic heterocycles. The smallest absolute Gasteiger partial charge is 0.345 e. The summed E-state index contributed by atoms with van der Waals surface area (Å²) in [5.41, 5.74) is 2.23. The molecule has 9 nitrogen and oxygen atoms in total. The quantitative estimate of drug-likeness (QED) is 0.190. The van der Waals surface area contributed by atoms with Crippen LogP contribution in [-0.2, 0) is 30.5 Å². The largest absolute Gasteiger partial charge is 0.479 e. The zero-order valence-corrected chi connectivity index (χ0v) is 22.8. The standard InChI is InChI=1S/C29H42N2O7/c1-18(2)13-25(28(35)36)38-29(37)20(4)15-30-27(34)16-31-26(33)8-6-5-7-19(3)23-14-24(23)22-11-9-21(17-32)10-12-22/h6,8-12,18-20,23-25,32H,5,7,13-17H2,1-4H3,(H,30,34)(H,31,33)(H,35,36)/b8-6+/t19-,20+,23?,24+,25-/m0/s1. The first-order valence-corrected chi connectivity index (χ1v) is 13.4. The van der Waals surface area contributed by atoms with Crippen molar-refractivity contribution in [2.24, 2.45) is 23.7 Å². The summed E-state index contributed by atoms with van der Waals surface area (Å²) >= 11 is 0. The Labute approximate surface area is 225 Å². The maximum absolute atomic E-state index is 12.1. The number of carbonyl (C=O) groups is 4. The van der Waals surface area contributed by atoms with Crippen LogP contribution in [0.4, 0.5) is 0 Å². The lowest BCUT2D eigenvalue weighted by molar-refractivity contribution is -0.167. The highest BCUT2D eigenvalue weighted by Gasteiger charge is 2.41. The van der Waals surface area contributed by atoms with Gasteiger partial charge in [0.15, 0.2) is 6.10 Å². The van der Waals surface area contributed by atoms with Crippen LogP contribution in [0.3, 0.4) is 0 Å².